The zero-order valence-electron chi connectivity index (χ0n) is 22.2. The van der Waals surface area contributed by atoms with Crippen LogP contribution in [0.3, 0.4) is 0 Å². The first-order valence-electron chi connectivity index (χ1n) is 13.3. The van der Waals surface area contributed by atoms with Crippen molar-refractivity contribution in [1.29, 1.82) is 0 Å². The highest BCUT2D eigenvalue weighted by atomic mass is 32.1. The Balaban J connectivity index is 1.55. The number of methoxy groups -OCH3 is 1. The molecule has 0 aliphatic carbocycles. The molecule has 5 nitrogen and oxygen atoms in total. The molecule has 0 spiro atoms. The van der Waals surface area contributed by atoms with Gasteiger partial charge in [-0.05, 0) is 72.9 Å². The Kier molecular flexibility index (Phi) is 9.53. The number of rotatable bonds is 11. The number of carbonyl (C=O) groups excluding carboxylic acids is 2. The number of hydrogen-bond donors (Lipinski definition) is 0. The van der Waals surface area contributed by atoms with Crippen LogP contribution in [-0.4, -0.2) is 55.0 Å². The van der Waals surface area contributed by atoms with Crippen LogP contribution in [0, 0.1) is 6.92 Å². The molecule has 2 amide bonds. The van der Waals surface area contributed by atoms with E-state index in [1.807, 2.05) is 29.2 Å². The second-order valence-corrected chi connectivity index (χ2v) is 10.8. The highest BCUT2D eigenvalue weighted by molar-refractivity contribution is 7.10. The lowest BCUT2D eigenvalue weighted by Gasteiger charge is -2.37. The van der Waals surface area contributed by atoms with Gasteiger partial charge in [-0.25, -0.2) is 0 Å². The van der Waals surface area contributed by atoms with Crippen molar-refractivity contribution in [3.8, 4) is 0 Å². The number of nitrogens with zero attached hydrogens (tertiary/aromatic N) is 2. The lowest BCUT2D eigenvalue weighted by Crippen LogP contribution is -2.47. The van der Waals surface area contributed by atoms with E-state index >= 15 is 0 Å². The summed E-state index contributed by atoms with van der Waals surface area (Å²) in [4.78, 5) is 32.4. The Hall–Kier alpha value is -2.96. The summed E-state index contributed by atoms with van der Waals surface area (Å²) in [5.41, 5.74) is 5.37. The Morgan fingerprint density at radius 1 is 1.05 bits per heavy atom. The van der Waals surface area contributed by atoms with E-state index in [2.05, 4.69) is 49.6 Å². The van der Waals surface area contributed by atoms with Crippen LogP contribution in [-0.2, 0) is 22.4 Å². The molecule has 1 atom stereocenters. The fourth-order valence-corrected chi connectivity index (χ4v) is 5.88. The SMILES string of the molecule is CCCCc1ccc(C(=O)N(CCCOC)CC(=O)N2CCc3sccc3C2c2ccc(C)cc2)cc1. The zero-order valence-corrected chi connectivity index (χ0v) is 23.1. The molecule has 37 heavy (non-hydrogen) atoms. The van der Waals surface area contributed by atoms with Gasteiger partial charge >= 0.3 is 0 Å². The van der Waals surface area contributed by atoms with Crippen LogP contribution in [0.5, 0.6) is 0 Å². The fraction of sp³-hybridized carbons (Fsp3) is 0.419. The van der Waals surface area contributed by atoms with Crippen LogP contribution in [0.1, 0.15) is 69.7 Å². The normalized spacial score (nSPS) is 14.9. The lowest BCUT2D eigenvalue weighted by atomic mass is 9.92. The molecule has 1 aliphatic heterocycles. The predicted molar refractivity (Wildman–Crippen MR) is 150 cm³/mol. The molecule has 0 radical (unpaired) electrons. The number of benzene rings is 2. The number of unbranched alkanes of at least 4 members (excludes halogenated alkanes) is 1. The van der Waals surface area contributed by atoms with E-state index in [0.717, 1.165) is 31.2 Å². The van der Waals surface area contributed by atoms with Crippen molar-refractivity contribution in [1.82, 2.24) is 9.80 Å². The lowest BCUT2D eigenvalue weighted by molar-refractivity contribution is -0.134. The Labute approximate surface area is 225 Å². The first-order chi connectivity index (χ1) is 18.0. The molecule has 0 saturated carbocycles. The van der Waals surface area contributed by atoms with Crippen LogP contribution in [0.25, 0.3) is 0 Å². The van der Waals surface area contributed by atoms with Gasteiger partial charge in [0.25, 0.3) is 5.91 Å². The van der Waals surface area contributed by atoms with E-state index < -0.39 is 0 Å². The molecule has 0 bridgehead atoms. The highest BCUT2D eigenvalue weighted by Gasteiger charge is 2.34. The third-order valence-electron chi connectivity index (χ3n) is 7.09. The summed E-state index contributed by atoms with van der Waals surface area (Å²) in [5.74, 6) is -0.126. The van der Waals surface area contributed by atoms with Gasteiger partial charge < -0.3 is 14.5 Å². The van der Waals surface area contributed by atoms with Crippen molar-refractivity contribution in [3.63, 3.8) is 0 Å². The Morgan fingerprint density at radius 2 is 1.81 bits per heavy atom. The maximum atomic E-state index is 13.8. The van der Waals surface area contributed by atoms with E-state index in [4.69, 9.17) is 4.74 Å². The molecule has 1 aliphatic rings. The average molecular weight is 519 g/mol. The van der Waals surface area contributed by atoms with E-state index in [1.54, 1.807) is 23.3 Å². The summed E-state index contributed by atoms with van der Waals surface area (Å²) in [7, 11) is 1.66. The minimum Gasteiger partial charge on any atom is -0.385 e. The van der Waals surface area contributed by atoms with Crippen LogP contribution in [0.2, 0.25) is 0 Å². The van der Waals surface area contributed by atoms with Gasteiger partial charge in [0.05, 0.1) is 6.04 Å². The van der Waals surface area contributed by atoms with Crippen molar-refractivity contribution < 1.29 is 14.3 Å². The van der Waals surface area contributed by atoms with Gasteiger partial charge in [-0.1, -0.05) is 55.3 Å². The third-order valence-corrected chi connectivity index (χ3v) is 8.09. The van der Waals surface area contributed by atoms with Crippen molar-refractivity contribution >= 4 is 23.2 Å². The number of amides is 2. The van der Waals surface area contributed by atoms with Crippen molar-refractivity contribution in [2.45, 2.75) is 52.0 Å². The van der Waals surface area contributed by atoms with Crippen LogP contribution in [0.4, 0.5) is 0 Å². The molecule has 2 aromatic carbocycles. The van der Waals surface area contributed by atoms with Crippen molar-refractivity contribution in [2.24, 2.45) is 0 Å². The van der Waals surface area contributed by atoms with Gasteiger partial charge in [0.1, 0.15) is 6.54 Å². The second kappa shape index (κ2) is 13.0. The second-order valence-electron chi connectivity index (χ2n) is 9.82. The maximum Gasteiger partial charge on any atom is 0.254 e. The molecule has 2 heterocycles. The summed E-state index contributed by atoms with van der Waals surface area (Å²) in [6.07, 6.45) is 4.82. The van der Waals surface area contributed by atoms with Gasteiger partial charge in [0.15, 0.2) is 0 Å². The summed E-state index contributed by atoms with van der Waals surface area (Å²) >= 11 is 1.76. The van der Waals surface area contributed by atoms with Gasteiger partial charge in [0, 0.05) is 37.2 Å². The van der Waals surface area contributed by atoms with Crippen LogP contribution < -0.4 is 0 Å². The summed E-state index contributed by atoms with van der Waals surface area (Å²) in [6.45, 7) is 5.98. The molecule has 0 fully saturated rings. The minimum atomic E-state index is -0.128. The number of fused-ring (bicyclic) bond motifs is 1. The van der Waals surface area contributed by atoms with E-state index in [1.165, 1.54) is 21.6 Å². The highest BCUT2D eigenvalue weighted by Crippen LogP contribution is 2.38. The number of aryl methyl sites for hydroxylation is 2. The molecular weight excluding hydrogens is 480 g/mol. The van der Waals surface area contributed by atoms with Crippen molar-refractivity contribution in [2.75, 3.05) is 33.4 Å². The molecule has 1 aromatic heterocycles. The van der Waals surface area contributed by atoms with Gasteiger partial charge in [-0.3, -0.25) is 9.59 Å². The summed E-state index contributed by atoms with van der Waals surface area (Å²) in [6, 6.07) is 18.3. The average Bonchev–Trinajstić information content (AvgIpc) is 3.40. The first kappa shape index (κ1) is 27.1. The molecule has 1 unspecified atom stereocenters. The molecule has 196 valence electrons. The van der Waals surface area contributed by atoms with Crippen molar-refractivity contribution in [3.05, 3.63) is 92.7 Å². The monoisotopic (exact) mass is 518 g/mol. The number of ether oxygens (including phenoxy) is 1. The quantitative estimate of drug-likeness (QED) is 0.290. The third kappa shape index (κ3) is 6.68. The molecule has 6 heteroatoms. The zero-order chi connectivity index (χ0) is 26.2. The first-order valence-corrected chi connectivity index (χ1v) is 14.2. The fourth-order valence-electron chi connectivity index (χ4n) is 4.98. The Morgan fingerprint density at radius 3 is 2.51 bits per heavy atom. The van der Waals surface area contributed by atoms with Crippen LogP contribution >= 0.6 is 11.3 Å². The van der Waals surface area contributed by atoms with Gasteiger partial charge in [-0.15, -0.1) is 11.3 Å². The largest absolute Gasteiger partial charge is 0.385 e. The molecule has 0 N–H and O–H groups in total. The Bertz CT molecular complexity index is 1170. The van der Waals surface area contributed by atoms with Gasteiger partial charge in [-0.2, -0.15) is 0 Å². The topological polar surface area (TPSA) is 49.9 Å². The number of carbonyl (C=O) groups is 2. The van der Waals surface area contributed by atoms with E-state index in [9.17, 15) is 9.59 Å². The number of thiophene rings is 1. The predicted octanol–water partition coefficient (Wildman–Crippen LogP) is 6.05. The standard InChI is InChI=1S/C31H38N2O3S/c1-4-5-7-24-10-14-26(15-11-24)31(35)32(18-6-20-36-3)22-29(34)33-19-16-28-27(17-21-37-28)30(33)25-12-8-23(2)9-13-25/h8-15,17,21,30H,4-7,16,18-20,22H2,1-3H3. The minimum absolute atomic E-state index is 0.0206. The smallest absolute Gasteiger partial charge is 0.254 e. The number of hydrogen-bond acceptors (Lipinski definition) is 4. The van der Waals surface area contributed by atoms with E-state index in [0.29, 0.717) is 31.7 Å². The van der Waals surface area contributed by atoms with Crippen LogP contribution in [0.15, 0.2) is 60.0 Å². The molecule has 4 rings (SSSR count). The molecule has 3 aromatic rings. The summed E-state index contributed by atoms with van der Waals surface area (Å²) in [5, 5.41) is 2.12. The molecule has 0 saturated heterocycles. The maximum absolute atomic E-state index is 13.8. The molecular formula is C31H38N2O3S. The van der Waals surface area contributed by atoms with E-state index in [-0.39, 0.29) is 24.4 Å². The summed E-state index contributed by atoms with van der Waals surface area (Å²) < 4.78 is 5.23. The van der Waals surface area contributed by atoms with Gasteiger partial charge in [0.2, 0.25) is 5.91 Å².